The number of ether oxygens (including phenoxy) is 4. The lowest BCUT2D eigenvalue weighted by atomic mass is 10.5. The number of carbonyl (C=O) groups is 2. The predicted octanol–water partition coefficient (Wildman–Crippen LogP) is 2.73. The Balaban J connectivity index is 4.04. The fourth-order valence-corrected chi connectivity index (χ4v) is 1.75. The van der Waals surface area contributed by atoms with Gasteiger partial charge in [0.05, 0.1) is 26.4 Å². The normalized spacial score (nSPS) is 10.8. The fourth-order valence-electron chi connectivity index (χ4n) is 1.20. The standard InChI is InChI=1S/C12H16Br2N6O6/c13-9(11(21)25-7-5-23-3-1-17-19-15)10(14)12(22)26-8-6-24-4-2-18-20-16/h1-8H2/b10-9+. The molecule has 0 aliphatic carbocycles. The van der Waals surface area contributed by atoms with Gasteiger partial charge in [-0.25, -0.2) is 9.59 Å². The largest absolute Gasteiger partial charge is 0.459 e. The van der Waals surface area contributed by atoms with Gasteiger partial charge in [0.2, 0.25) is 0 Å². The highest BCUT2D eigenvalue weighted by atomic mass is 79.9. The van der Waals surface area contributed by atoms with E-state index in [2.05, 4.69) is 51.9 Å². The number of hydrogen-bond acceptors (Lipinski definition) is 8. The van der Waals surface area contributed by atoms with Crippen LogP contribution >= 0.6 is 31.9 Å². The molecule has 144 valence electrons. The van der Waals surface area contributed by atoms with E-state index in [9.17, 15) is 9.59 Å². The zero-order valence-corrected chi connectivity index (χ0v) is 16.7. The molecule has 14 heteroatoms. The molecule has 0 aromatic rings. The molecule has 0 atom stereocenters. The molecule has 0 heterocycles. The Kier molecular flexibility index (Phi) is 15.5. The van der Waals surface area contributed by atoms with Crippen LogP contribution < -0.4 is 0 Å². The average molecular weight is 500 g/mol. The van der Waals surface area contributed by atoms with E-state index in [1.54, 1.807) is 0 Å². The molecule has 0 saturated heterocycles. The summed E-state index contributed by atoms with van der Waals surface area (Å²) in [4.78, 5) is 28.6. The van der Waals surface area contributed by atoms with Gasteiger partial charge < -0.3 is 18.9 Å². The molecule has 0 aromatic carbocycles. The van der Waals surface area contributed by atoms with Crippen molar-refractivity contribution in [3.05, 3.63) is 29.9 Å². The third-order valence-electron chi connectivity index (χ3n) is 2.27. The SMILES string of the molecule is [N-]=[N+]=NCCOCCOC(=O)/C(Br)=C(\Br)C(=O)OCCOCCN=[N+]=[N-]. The molecule has 0 bridgehead atoms. The zero-order valence-electron chi connectivity index (χ0n) is 13.5. The highest BCUT2D eigenvalue weighted by Gasteiger charge is 2.19. The first-order chi connectivity index (χ1) is 12.5. The molecule has 0 unspecified atom stereocenters. The van der Waals surface area contributed by atoms with Crippen LogP contribution in [0.5, 0.6) is 0 Å². The maximum atomic E-state index is 11.7. The number of esters is 2. The summed E-state index contributed by atoms with van der Waals surface area (Å²) in [7, 11) is 0. The maximum absolute atomic E-state index is 11.7. The molecule has 0 spiro atoms. The lowest BCUT2D eigenvalue weighted by molar-refractivity contribution is -0.142. The van der Waals surface area contributed by atoms with Crippen LogP contribution in [-0.4, -0.2) is 64.7 Å². The fraction of sp³-hybridized carbons (Fsp3) is 0.667. The van der Waals surface area contributed by atoms with Crippen molar-refractivity contribution in [1.82, 2.24) is 0 Å². The van der Waals surface area contributed by atoms with E-state index in [1.807, 2.05) is 0 Å². The van der Waals surface area contributed by atoms with E-state index in [4.69, 9.17) is 30.0 Å². The molecular formula is C12H16Br2N6O6. The Morgan fingerprint density at radius 1 is 0.731 bits per heavy atom. The Bertz CT molecular complexity index is 539. The Labute approximate surface area is 165 Å². The summed E-state index contributed by atoms with van der Waals surface area (Å²) in [5, 5.41) is 6.54. The van der Waals surface area contributed by atoms with Gasteiger partial charge in [-0.15, -0.1) is 0 Å². The number of rotatable bonds is 14. The molecule has 0 aliphatic heterocycles. The molecule has 0 saturated carbocycles. The lowest BCUT2D eigenvalue weighted by Gasteiger charge is -2.07. The minimum absolute atomic E-state index is 0.0431. The zero-order chi connectivity index (χ0) is 19.6. The van der Waals surface area contributed by atoms with Gasteiger partial charge in [-0.05, 0) is 42.9 Å². The molecule has 0 N–H and O–H groups in total. The van der Waals surface area contributed by atoms with Crippen LogP contribution in [0.2, 0.25) is 0 Å². The van der Waals surface area contributed by atoms with Crippen LogP contribution in [0.3, 0.4) is 0 Å². The molecule has 12 nitrogen and oxygen atoms in total. The smallest absolute Gasteiger partial charge is 0.346 e. The topological polar surface area (TPSA) is 169 Å². The maximum Gasteiger partial charge on any atom is 0.346 e. The van der Waals surface area contributed by atoms with E-state index < -0.39 is 11.9 Å². The molecule has 0 radical (unpaired) electrons. The molecule has 26 heavy (non-hydrogen) atoms. The molecule has 0 fully saturated rings. The van der Waals surface area contributed by atoms with Gasteiger partial charge in [0.25, 0.3) is 0 Å². The van der Waals surface area contributed by atoms with Gasteiger partial charge >= 0.3 is 11.9 Å². The predicted molar refractivity (Wildman–Crippen MR) is 96.5 cm³/mol. The highest BCUT2D eigenvalue weighted by molar-refractivity contribution is 9.14. The van der Waals surface area contributed by atoms with E-state index >= 15 is 0 Å². The Morgan fingerprint density at radius 2 is 1.12 bits per heavy atom. The highest BCUT2D eigenvalue weighted by Crippen LogP contribution is 2.20. The second-order valence-corrected chi connectivity index (χ2v) is 5.62. The van der Waals surface area contributed by atoms with Gasteiger partial charge in [-0.1, -0.05) is 10.2 Å². The monoisotopic (exact) mass is 498 g/mol. The molecule has 0 aromatic heterocycles. The first kappa shape index (κ1) is 24.2. The van der Waals surface area contributed by atoms with Crippen LogP contribution in [-0.2, 0) is 28.5 Å². The number of nitrogens with zero attached hydrogens (tertiary/aromatic N) is 6. The summed E-state index contributed by atoms with van der Waals surface area (Å²) in [5.74, 6) is -1.56. The molecule has 0 rings (SSSR count). The van der Waals surface area contributed by atoms with E-state index in [0.717, 1.165) is 0 Å². The third kappa shape index (κ3) is 12.5. The third-order valence-corrected chi connectivity index (χ3v) is 4.24. The molecule has 0 amide bonds. The van der Waals surface area contributed by atoms with Crippen LogP contribution in [0.25, 0.3) is 20.9 Å². The second kappa shape index (κ2) is 16.6. The van der Waals surface area contributed by atoms with Crippen molar-refractivity contribution < 1.29 is 28.5 Å². The van der Waals surface area contributed by atoms with Gasteiger partial charge in [0, 0.05) is 22.9 Å². The summed E-state index contributed by atoms with van der Waals surface area (Å²) < 4.78 is 19.6. The number of carbonyl (C=O) groups excluding carboxylic acids is 2. The summed E-state index contributed by atoms with van der Waals surface area (Å²) in [6, 6.07) is 0. The van der Waals surface area contributed by atoms with Crippen LogP contribution in [0.4, 0.5) is 0 Å². The van der Waals surface area contributed by atoms with Crippen molar-refractivity contribution >= 4 is 43.8 Å². The number of azide groups is 2. The van der Waals surface area contributed by atoms with E-state index in [0.29, 0.717) is 0 Å². The van der Waals surface area contributed by atoms with Gasteiger partial charge in [0.15, 0.2) is 0 Å². The Hall–Kier alpha value is -1.82. The molecular weight excluding hydrogens is 484 g/mol. The number of hydrogen-bond donors (Lipinski definition) is 0. The first-order valence-corrected chi connectivity index (χ1v) is 8.69. The molecule has 0 aliphatic rings. The number of halogens is 2. The van der Waals surface area contributed by atoms with Gasteiger partial charge in [0.1, 0.15) is 22.2 Å². The summed E-state index contributed by atoms with van der Waals surface area (Å²) in [5.41, 5.74) is 16.1. The minimum atomic E-state index is -0.780. The lowest BCUT2D eigenvalue weighted by Crippen LogP contribution is -2.16. The summed E-state index contributed by atoms with van der Waals surface area (Å²) in [6.07, 6.45) is 0. The van der Waals surface area contributed by atoms with Crippen LogP contribution in [0, 0.1) is 0 Å². The first-order valence-electron chi connectivity index (χ1n) is 7.11. The van der Waals surface area contributed by atoms with Crippen molar-refractivity contribution in [3.63, 3.8) is 0 Å². The van der Waals surface area contributed by atoms with Crippen molar-refractivity contribution in [2.24, 2.45) is 10.2 Å². The van der Waals surface area contributed by atoms with Gasteiger partial charge in [-0.3, -0.25) is 0 Å². The summed E-state index contributed by atoms with van der Waals surface area (Å²) >= 11 is 5.89. The van der Waals surface area contributed by atoms with Crippen molar-refractivity contribution in [3.8, 4) is 0 Å². The minimum Gasteiger partial charge on any atom is -0.459 e. The quantitative estimate of drug-likeness (QED) is 0.0887. The van der Waals surface area contributed by atoms with E-state index in [-0.39, 0.29) is 61.7 Å². The van der Waals surface area contributed by atoms with Crippen molar-refractivity contribution in [2.75, 3.05) is 52.7 Å². The van der Waals surface area contributed by atoms with Gasteiger partial charge in [-0.2, -0.15) is 0 Å². The van der Waals surface area contributed by atoms with Crippen molar-refractivity contribution in [1.29, 1.82) is 0 Å². The van der Waals surface area contributed by atoms with E-state index in [1.165, 1.54) is 0 Å². The van der Waals surface area contributed by atoms with Crippen molar-refractivity contribution in [2.45, 2.75) is 0 Å². The Morgan fingerprint density at radius 3 is 1.46 bits per heavy atom. The summed E-state index contributed by atoms with van der Waals surface area (Å²) in [6.45, 7) is 0.919. The van der Waals surface area contributed by atoms with Crippen LogP contribution in [0.1, 0.15) is 0 Å². The van der Waals surface area contributed by atoms with Crippen LogP contribution in [0.15, 0.2) is 19.2 Å². The average Bonchev–Trinajstić information content (AvgIpc) is 2.64. The second-order valence-electron chi connectivity index (χ2n) is 4.03.